The number of aryl methyl sites for hydroxylation is 2. The molecule has 0 aliphatic rings. The first-order valence-corrected chi connectivity index (χ1v) is 6.57. The van der Waals surface area contributed by atoms with Crippen molar-refractivity contribution in [3.05, 3.63) is 52.9 Å². The summed E-state index contributed by atoms with van der Waals surface area (Å²) in [4.78, 5) is 4.24. The van der Waals surface area contributed by atoms with E-state index in [1.54, 1.807) is 31.2 Å². The number of hydrazine groups is 1. The van der Waals surface area contributed by atoms with Crippen LogP contribution in [0.3, 0.4) is 0 Å². The molecule has 7 heteroatoms. The molecule has 1 aromatic carbocycles. The second-order valence-electron chi connectivity index (χ2n) is 4.60. The summed E-state index contributed by atoms with van der Waals surface area (Å²) in [6.07, 6.45) is 0. The second kappa shape index (κ2) is 6.65. The zero-order chi connectivity index (χ0) is 16.1. The van der Waals surface area contributed by atoms with Gasteiger partial charge in [-0.1, -0.05) is 12.1 Å². The summed E-state index contributed by atoms with van der Waals surface area (Å²) in [5.74, 6) is 7.19. The Balaban J connectivity index is 2.17. The van der Waals surface area contributed by atoms with Crippen LogP contribution < -0.4 is 21.7 Å². The van der Waals surface area contributed by atoms with Gasteiger partial charge in [-0.3, -0.25) is 0 Å². The van der Waals surface area contributed by atoms with Crippen molar-refractivity contribution >= 4 is 5.70 Å². The van der Waals surface area contributed by atoms with Crippen LogP contribution in [0.5, 0.6) is 5.75 Å². The van der Waals surface area contributed by atoms with Crippen LogP contribution in [0.25, 0.3) is 5.70 Å². The Labute approximate surface area is 128 Å². The number of allylic oxidation sites excluding steroid dienone is 1. The third kappa shape index (κ3) is 3.37. The number of hydrogen-bond acceptors (Lipinski definition) is 7. The Bertz CT molecular complexity index is 743. The zero-order valence-corrected chi connectivity index (χ0v) is 12.4. The molecule has 1 aromatic heterocycles. The number of hydrogen-bond donors (Lipinski definition) is 3. The van der Waals surface area contributed by atoms with Gasteiger partial charge in [0.05, 0.1) is 5.70 Å². The third-order valence-corrected chi connectivity index (χ3v) is 3.05. The van der Waals surface area contributed by atoms with Crippen LogP contribution in [-0.4, -0.2) is 4.98 Å². The van der Waals surface area contributed by atoms with Gasteiger partial charge in [0.15, 0.2) is 11.6 Å². The van der Waals surface area contributed by atoms with E-state index in [4.69, 9.17) is 26.0 Å². The summed E-state index contributed by atoms with van der Waals surface area (Å²) in [6, 6.07) is 8.96. The van der Waals surface area contributed by atoms with Crippen molar-refractivity contribution in [1.82, 2.24) is 10.4 Å². The van der Waals surface area contributed by atoms with E-state index >= 15 is 0 Å². The number of ether oxygens (including phenoxy) is 1. The maximum atomic E-state index is 8.93. The highest BCUT2D eigenvalue weighted by molar-refractivity contribution is 5.69. The summed E-state index contributed by atoms with van der Waals surface area (Å²) < 4.78 is 11.0. The van der Waals surface area contributed by atoms with E-state index in [9.17, 15) is 0 Å². The van der Waals surface area contributed by atoms with Crippen molar-refractivity contribution < 1.29 is 9.15 Å². The van der Waals surface area contributed by atoms with Crippen molar-refractivity contribution in [3.63, 3.8) is 0 Å². The molecule has 0 amide bonds. The van der Waals surface area contributed by atoms with Gasteiger partial charge in [0, 0.05) is 12.5 Å². The van der Waals surface area contributed by atoms with Crippen molar-refractivity contribution in [3.8, 4) is 11.8 Å². The van der Waals surface area contributed by atoms with Crippen LogP contribution in [0.15, 0.2) is 34.4 Å². The fourth-order valence-corrected chi connectivity index (χ4v) is 1.93. The lowest BCUT2D eigenvalue weighted by molar-refractivity contribution is 0.299. The fraction of sp³-hybridized carbons (Fsp3) is 0.200. The maximum Gasteiger partial charge on any atom is 0.191 e. The van der Waals surface area contributed by atoms with Gasteiger partial charge in [0.1, 0.15) is 29.9 Å². The first-order chi connectivity index (χ1) is 10.5. The van der Waals surface area contributed by atoms with Crippen LogP contribution in [0.4, 0.5) is 0 Å². The molecule has 0 aliphatic heterocycles. The number of nitrogens with one attached hydrogen (secondary N) is 1. The minimum atomic E-state index is 0.0973. The van der Waals surface area contributed by atoms with Crippen LogP contribution >= 0.6 is 0 Å². The van der Waals surface area contributed by atoms with Gasteiger partial charge < -0.3 is 20.3 Å². The van der Waals surface area contributed by atoms with Crippen LogP contribution in [0.1, 0.15) is 22.9 Å². The first kappa shape index (κ1) is 15.4. The van der Waals surface area contributed by atoms with Crippen LogP contribution in [0.2, 0.25) is 0 Å². The predicted octanol–water partition coefficient (Wildman–Crippen LogP) is 1.48. The van der Waals surface area contributed by atoms with Crippen molar-refractivity contribution in [1.29, 1.82) is 5.26 Å². The summed E-state index contributed by atoms with van der Waals surface area (Å²) in [7, 11) is 0. The van der Waals surface area contributed by atoms with Gasteiger partial charge in [0.25, 0.3) is 0 Å². The summed E-state index contributed by atoms with van der Waals surface area (Å²) in [5.41, 5.74) is 9.90. The molecule has 0 atom stereocenters. The predicted molar refractivity (Wildman–Crippen MR) is 80.8 cm³/mol. The number of aromatic nitrogens is 1. The average Bonchev–Trinajstić information content (AvgIpc) is 2.84. The highest BCUT2D eigenvalue weighted by Crippen LogP contribution is 2.20. The molecule has 114 valence electrons. The Morgan fingerprint density at radius 2 is 2.23 bits per heavy atom. The normalized spacial score (nSPS) is 11.5. The van der Waals surface area contributed by atoms with Gasteiger partial charge in [-0.25, -0.2) is 10.8 Å². The molecule has 0 unspecified atom stereocenters. The van der Waals surface area contributed by atoms with Gasteiger partial charge in [-0.2, -0.15) is 5.26 Å². The molecule has 0 radical (unpaired) electrons. The summed E-state index contributed by atoms with van der Waals surface area (Å²) in [5, 5.41) is 8.93. The van der Waals surface area contributed by atoms with Crippen molar-refractivity contribution in [2.75, 3.05) is 0 Å². The number of nitriles is 1. The monoisotopic (exact) mass is 299 g/mol. The lowest BCUT2D eigenvalue weighted by Crippen LogP contribution is -2.23. The average molecular weight is 299 g/mol. The summed E-state index contributed by atoms with van der Waals surface area (Å²) >= 11 is 0. The third-order valence-electron chi connectivity index (χ3n) is 3.05. The highest BCUT2D eigenvalue weighted by atomic mass is 16.5. The Kier molecular flexibility index (Phi) is 4.66. The lowest BCUT2D eigenvalue weighted by atomic mass is 10.1. The minimum Gasteiger partial charge on any atom is -0.487 e. The second-order valence-corrected chi connectivity index (χ2v) is 4.60. The van der Waals surface area contributed by atoms with E-state index in [1.807, 2.05) is 13.0 Å². The standard InChI is InChI=1S/C15H17N5O2/c1-9-14(19-10(2)22-9)8-21-12-5-3-4-11(6-12)15(17)13(7-16)20-18/h3-6,20H,8,17-18H2,1-2H3/b15-13-. The molecular weight excluding hydrogens is 282 g/mol. The fourth-order valence-electron chi connectivity index (χ4n) is 1.93. The number of nitrogens with zero attached hydrogens (tertiary/aromatic N) is 2. The van der Waals surface area contributed by atoms with E-state index in [0.717, 1.165) is 11.5 Å². The maximum absolute atomic E-state index is 8.93. The SMILES string of the molecule is Cc1nc(COc2cccc(/C(N)=C(\C#N)NN)c2)c(C)o1. The van der Waals surface area contributed by atoms with Crippen LogP contribution in [0, 0.1) is 25.2 Å². The topological polar surface area (TPSA) is 123 Å². The molecule has 0 saturated carbocycles. The van der Waals surface area contributed by atoms with E-state index in [2.05, 4.69) is 10.4 Å². The smallest absolute Gasteiger partial charge is 0.191 e. The van der Waals surface area contributed by atoms with Gasteiger partial charge >= 0.3 is 0 Å². The molecule has 1 heterocycles. The molecule has 0 bridgehead atoms. The molecule has 22 heavy (non-hydrogen) atoms. The van der Waals surface area contributed by atoms with Gasteiger partial charge in [-0.05, 0) is 19.1 Å². The molecule has 0 fully saturated rings. The Hall–Kier alpha value is -2.98. The molecule has 2 aromatic rings. The van der Waals surface area contributed by atoms with Crippen molar-refractivity contribution in [2.45, 2.75) is 20.5 Å². The van der Waals surface area contributed by atoms with E-state index < -0.39 is 0 Å². The molecule has 5 N–H and O–H groups in total. The number of oxazole rings is 1. The Morgan fingerprint density at radius 1 is 1.45 bits per heavy atom. The molecular formula is C15H17N5O2. The lowest BCUT2D eigenvalue weighted by Gasteiger charge is -2.09. The number of benzene rings is 1. The minimum absolute atomic E-state index is 0.0973. The first-order valence-electron chi connectivity index (χ1n) is 6.57. The molecule has 2 rings (SSSR count). The summed E-state index contributed by atoms with van der Waals surface area (Å²) in [6.45, 7) is 3.91. The zero-order valence-electron chi connectivity index (χ0n) is 12.4. The molecule has 0 saturated heterocycles. The molecule has 0 aliphatic carbocycles. The van der Waals surface area contributed by atoms with E-state index in [0.29, 0.717) is 17.2 Å². The molecule has 7 nitrogen and oxygen atoms in total. The highest BCUT2D eigenvalue weighted by Gasteiger charge is 2.09. The molecule has 0 spiro atoms. The van der Waals surface area contributed by atoms with E-state index in [-0.39, 0.29) is 18.0 Å². The van der Waals surface area contributed by atoms with Crippen molar-refractivity contribution in [2.24, 2.45) is 11.6 Å². The Morgan fingerprint density at radius 3 is 2.82 bits per heavy atom. The quantitative estimate of drug-likeness (QED) is 0.434. The number of nitrogens with two attached hydrogens (primary N) is 2. The van der Waals surface area contributed by atoms with Gasteiger partial charge in [-0.15, -0.1) is 0 Å². The van der Waals surface area contributed by atoms with Gasteiger partial charge in [0.2, 0.25) is 0 Å². The van der Waals surface area contributed by atoms with E-state index in [1.165, 1.54) is 0 Å². The largest absolute Gasteiger partial charge is 0.487 e. The van der Waals surface area contributed by atoms with Crippen LogP contribution in [-0.2, 0) is 6.61 Å². The number of rotatable bonds is 5.